The molecule has 3 heteroatoms. The molecule has 0 radical (unpaired) electrons. The number of anilines is 1. The van der Waals surface area contributed by atoms with Crippen LogP contribution in [0.4, 0.5) is 10.1 Å². The van der Waals surface area contributed by atoms with Crippen molar-refractivity contribution in [2.24, 2.45) is 0 Å². The highest BCUT2D eigenvalue weighted by molar-refractivity contribution is 5.51. The van der Waals surface area contributed by atoms with Gasteiger partial charge in [0, 0.05) is 12.3 Å². The topological polar surface area (TPSA) is 21.3 Å². The lowest BCUT2D eigenvalue weighted by molar-refractivity contribution is 0.195. The summed E-state index contributed by atoms with van der Waals surface area (Å²) in [5.41, 5.74) is 1.94. The molecule has 1 N–H and O–H groups in total. The number of halogens is 1. The zero-order valence-electron chi connectivity index (χ0n) is 8.22. The Morgan fingerprint density at radius 2 is 2.36 bits per heavy atom. The van der Waals surface area contributed by atoms with Gasteiger partial charge >= 0.3 is 0 Å². The molecular weight excluding hydrogens is 181 g/mol. The lowest BCUT2D eigenvalue weighted by Crippen LogP contribution is -2.19. The highest BCUT2D eigenvalue weighted by Crippen LogP contribution is 2.19. The maximum Gasteiger partial charge on any atom is 0.125 e. The van der Waals surface area contributed by atoms with Crippen molar-refractivity contribution in [3.05, 3.63) is 29.6 Å². The van der Waals surface area contributed by atoms with Crippen molar-refractivity contribution < 1.29 is 9.13 Å². The molecule has 0 aliphatic carbocycles. The van der Waals surface area contributed by atoms with E-state index in [-0.39, 0.29) is 5.82 Å². The minimum Gasteiger partial charge on any atom is -0.380 e. The van der Waals surface area contributed by atoms with Crippen molar-refractivity contribution in [3.63, 3.8) is 0 Å². The van der Waals surface area contributed by atoms with E-state index in [1.165, 1.54) is 12.1 Å². The van der Waals surface area contributed by atoms with Crippen molar-refractivity contribution >= 4 is 5.69 Å². The number of aryl methyl sites for hydroxylation is 1. The Bertz CT molecular complexity index is 321. The second-order valence-electron chi connectivity index (χ2n) is 3.66. The quantitative estimate of drug-likeness (QED) is 0.782. The van der Waals surface area contributed by atoms with Crippen LogP contribution in [0.3, 0.4) is 0 Å². The third kappa shape index (κ3) is 2.04. The second-order valence-corrected chi connectivity index (χ2v) is 3.66. The molecule has 2 rings (SSSR count). The summed E-state index contributed by atoms with van der Waals surface area (Å²) >= 11 is 0. The maximum absolute atomic E-state index is 12.9. The van der Waals surface area contributed by atoms with Crippen LogP contribution in [0.1, 0.15) is 12.0 Å². The van der Waals surface area contributed by atoms with Gasteiger partial charge in [-0.1, -0.05) is 6.07 Å². The summed E-state index contributed by atoms with van der Waals surface area (Å²) < 4.78 is 18.2. The lowest BCUT2D eigenvalue weighted by Gasteiger charge is -2.14. The molecule has 1 aliphatic heterocycles. The molecule has 76 valence electrons. The summed E-state index contributed by atoms with van der Waals surface area (Å²) in [6.45, 7) is 3.49. The third-order valence-corrected chi connectivity index (χ3v) is 2.49. The maximum atomic E-state index is 12.9. The van der Waals surface area contributed by atoms with Crippen LogP contribution in [0, 0.1) is 12.7 Å². The summed E-state index contributed by atoms with van der Waals surface area (Å²) in [6.07, 6.45) is 0.996. The largest absolute Gasteiger partial charge is 0.380 e. The van der Waals surface area contributed by atoms with Gasteiger partial charge in [0.05, 0.1) is 12.6 Å². The first-order chi connectivity index (χ1) is 6.75. The molecule has 0 bridgehead atoms. The molecule has 1 aromatic rings. The lowest BCUT2D eigenvalue weighted by atomic mass is 10.1. The van der Waals surface area contributed by atoms with E-state index < -0.39 is 0 Å². The van der Waals surface area contributed by atoms with Crippen LogP contribution in [-0.4, -0.2) is 19.3 Å². The molecule has 1 heterocycles. The van der Waals surface area contributed by atoms with Crippen molar-refractivity contribution in [2.45, 2.75) is 19.4 Å². The Morgan fingerprint density at radius 3 is 3.07 bits per heavy atom. The smallest absolute Gasteiger partial charge is 0.125 e. The number of ether oxygens (including phenoxy) is 1. The van der Waals surface area contributed by atoms with E-state index in [0.717, 1.165) is 30.9 Å². The molecule has 0 amide bonds. The highest BCUT2D eigenvalue weighted by Gasteiger charge is 2.15. The van der Waals surface area contributed by atoms with E-state index in [2.05, 4.69) is 5.32 Å². The van der Waals surface area contributed by atoms with Gasteiger partial charge in [-0.2, -0.15) is 0 Å². The van der Waals surface area contributed by atoms with Gasteiger partial charge in [-0.3, -0.25) is 0 Å². The molecule has 2 nitrogen and oxygen atoms in total. The van der Waals surface area contributed by atoms with E-state index in [0.29, 0.717) is 6.04 Å². The first-order valence-corrected chi connectivity index (χ1v) is 4.86. The highest BCUT2D eigenvalue weighted by atomic mass is 19.1. The number of hydrogen-bond donors (Lipinski definition) is 1. The third-order valence-electron chi connectivity index (χ3n) is 2.49. The van der Waals surface area contributed by atoms with Crippen LogP contribution in [-0.2, 0) is 4.74 Å². The predicted octanol–water partition coefficient (Wildman–Crippen LogP) is 2.33. The predicted molar refractivity (Wildman–Crippen MR) is 54.0 cm³/mol. The number of rotatable bonds is 2. The molecule has 1 saturated heterocycles. The van der Waals surface area contributed by atoms with Crippen molar-refractivity contribution in [3.8, 4) is 0 Å². The monoisotopic (exact) mass is 195 g/mol. The molecular formula is C11H14FNO. The van der Waals surface area contributed by atoms with Crippen LogP contribution in [0.2, 0.25) is 0 Å². The van der Waals surface area contributed by atoms with Gasteiger partial charge in [-0.25, -0.2) is 4.39 Å². The standard InChI is InChI=1S/C11H14FNO/c1-8-2-3-9(12)6-11(8)13-10-4-5-14-7-10/h2-3,6,10,13H,4-5,7H2,1H3. The van der Waals surface area contributed by atoms with Crippen LogP contribution >= 0.6 is 0 Å². The van der Waals surface area contributed by atoms with Crippen LogP contribution in [0.5, 0.6) is 0 Å². The average molecular weight is 195 g/mol. The van der Waals surface area contributed by atoms with E-state index in [1.807, 2.05) is 6.92 Å². The summed E-state index contributed by atoms with van der Waals surface area (Å²) in [5.74, 6) is -0.197. The zero-order chi connectivity index (χ0) is 9.97. The summed E-state index contributed by atoms with van der Waals surface area (Å²) in [7, 11) is 0. The fourth-order valence-corrected chi connectivity index (χ4v) is 1.62. The molecule has 1 atom stereocenters. The molecule has 0 spiro atoms. The Balaban J connectivity index is 2.10. The minimum atomic E-state index is -0.197. The SMILES string of the molecule is Cc1ccc(F)cc1NC1CCOC1. The molecule has 0 saturated carbocycles. The Hall–Kier alpha value is -1.09. The first-order valence-electron chi connectivity index (χ1n) is 4.86. The molecule has 1 fully saturated rings. The fourth-order valence-electron chi connectivity index (χ4n) is 1.62. The molecule has 14 heavy (non-hydrogen) atoms. The van der Waals surface area contributed by atoms with Crippen molar-refractivity contribution in [1.82, 2.24) is 0 Å². The molecule has 1 aliphatic rings. The number of nitrogens with one attached hydrogen (secondary N) is 1. The number of benzene rings is 1. The van der Waals surface area contributed by atoms with E-state index in [4.69, 9.17) is 4.74 Å². The normalized spacial score (nSPS) is 21.1. The van der Waals surface area contributed by atoms with Gasteiger partial charge in [-0.05, 0) is 31.0 Å². The van der Waals surface area contributed by atoms with Gasteiger partial charge in [0.2, 0.25) is 0 Å². The van der Waals surface area contributed by atoms with Crippen molar-refractivity contribution in [1.29, 1.82) is 0 Å². The Labute approximate surface area is 83.1 Å². The van der Waals surface area contributed by atoms with E-state index >= 15 is 0 Å². The van der Waals surface area contributed by atoms with E-state index in [9.17, 15) is 4.39 Å². The van der Waals surface area contributed by atoms with Gasteiger partial charge in [-0.15, -0.1) is 0 Å². The van der Waals surface area contributed by atoms with Crippen molar-refractivity contribution in [2.75, 3.05) is 18.5 Å². The Morgan fingerprint density at radius 1 is 1.50 bits per heavy atom. The second kappa shape index (κ2) is 3.96. The summed E-state index contributed by atoms with van der Waals surface area (Å²) in [5, 5.41) is 3.28. The molecule has 1 aromatic carbocycles. The van der Waals surface area contributed by atoms with Gasteiger partial charge in [0.15, 0.2) is 0 Å². The fraction of sp³-hybridized carbons (Fsp3) is 0.455. The molecule has 1 unspecified atom stereocenters. The Kier molecular flexibility index (Phi) is 2.68. The van der Waals surface area contributed by atoms with Gasteiger partial charge in [0.1, 0.15) is 5.82 Å². The van der Waals surface area contributed by atoms with Crippen LogP contribution in [0.15, 0.2) is 18.2 Å². The van der Waals surface area contributed by atoms with Crippen LogP contribution in [0.25, 0.3) is 0 Å². The average Bonchev–Trinajstić information content (AvgIpc) is 2.64. The number of hydrogen-bond acceptors (Lipinski definition) is 2. The van der Waals surface area contributed by atoms with E-state index in [1.54, 1.807) is 6.07 Å². The summed E-state index contributed by atoms with van der Waals surface area (Å²) in [6, 6.07) is 5.13. The first kappa shape index (κ1) is 9.46. The van der Waals surface area contributed by atoms with Gasteiger partial charge in [0.25, 0.3) is 0 Å². The summed E-state index contributed by atoms with van der Waals surface area (Å²) in [4.78, 5) is 0. The molecule has 0 aromatic heterocycles. The minimum absolute atomic E-state index is 0.197. The van der Waals surface area contributed by atoms with Crippen LogP contribution < -0.4 is 5.32 Å². The van der Waals surface area contributed by atoms with Gasteiger partial charge < -0.3 is 10.1 Å². The zero-order valence-corrected chi connectivity index (χ0v) is 8.22.